The van der Waals surface area contributed by atoms with Crippen molar-refractivity contribution < 1.29 is 22.6 Å². The first-order valence-corrected chi connectivity index (χ1v) is 11.2. The van der Waals surface area contributed by atoms with Crippen molar-refractivity contribution in [2.24, 2.45) is 0 Å². The number of hydrogen-bond acceptors (Lipinski definition) is 2. The van der Waals surface area contributed by atoms with Crippen molar-refractivity contribution in [1.82, 2.24) is 0 Å². The van der Waals surface area contributed by atoms with Gasteiger partial charge in [0.1, 0.15) is 24.3 Å². The van der Waals surface area contributed by atoms with Gasteiger partial charge in [0.25, 0.3) is 0 Å². The lowest BCUT2D eigenvalue weighted by molar-refractivity contribution is 0.304. The predicted molar refractivity (Wildman–Crippen MR) is 126 cm³/mol. The Morgan fingerprint density at radius 2 is 1.32 bits per heavy atom. The third-order valence-electron chi connectivity index (χ3n) is 6.08. The molecule has 2 nitrogen and oxygen atoms in total. The fourth-order valence-corrected chi connectivity index (χ4v) is 3.95. The number of halogens is 3. The van der Waals surface area contributed by atoms with E-state index < -0.39 is 11.6 Å². The van der Waals surface area contributed by atoms with Crippen LogP contribution >= 0.6 is 0 Å². The van der Waals surface area contributed by atoms with Crippen LogP contribution in [-0.4, -0.2) is 6.61 Å². The van der Waals surface area contributed by atoms with E-state index in [1.165, 1.54) is 6.07 Å². The highest BCUT2D eigenvalue weighted by atomic mass is 19.2. The van der Waals surface area contributed by atoms with E-state index in [0.717, 1.165) is 17.5 Å². The molecule has 1 aliphatic rings. The molecule has 0 amide bonds. The van der Waals surface area contributed by atoms with Crippen LogP contribution < -0.4 is 4.74 Å². The molecular formula is C29H23F3O2. The van der Waals surface area contributed by atoms with E-state index in [4.69, 9.17) is 9.47 Å². The maximum atomic E-state index is 14.9. The Hall–Kier alpha value is -3.57. The fraction of sp³-hybridized carbons (Fsp3) is 0.172. The molecule has 4 aromatic carbocycles. The molecule has 1 heterocycles. The van der Waals surface area contributed by atoms with Gasteiger partial charge in [-0.2, -0.15) is 0 Å². The normalized spacial score (nSPS) is 14.8. The van der Waals surface area contributed by atoms with Crippen molar-refractivity contribution in [2.45, 2.75) is 26.1 Å². The Morgan fingerprint density at radius 1 is 0.765 bits per heavy atom. The number of epoxide rings is 1. The Bertz CT molecular complexity index is 1310. The Labute approximate surface area is 196 Å². The van der Waals surface area contributed by atoms with Crippen molar-refractivity contribution in [3.05, 3.63) is 113 Å². The van der Waals surface area contributed by atoms with Gasteiger partial charge in [-0.3, -0.25) is 0 Å². The summed E-state index contributed by atoms with van der Waals surface area (Å²) in [6.45, 7) is 2.81. The third kappa shape index (κ3) is 4.57. The minimum atomic E-state index is -0.878. The maximum Gasteiger partial charge on any atom is 0.167 e. The minimum Gasteiger partial charge on any atom is -0.489 e. The van der Waals surface area contributed by atoms with Gasteiger partial charge in [-0.1, -0.05) is 67.6 Å². The first-order chi connectivity index (χ1) is 16.5. The number of aryl methyl sites for hydroxylation is 1. The predicted octanol–water partition coefficient (Wildman–Crippen LogP) is 7.65. The Balaban J connectivity index is 1.30. The van der Waals surface area contributed by atoms with Gasteiger partial charge < -0.3 is 9.47 Å². The zero-order valence-corrected chi connectivity index (χ0v) is 18.7. The summed E-state index contributed by atoms with van der Waals surface area (Å²) >= 11 is 0. The lowest BCUT2D eigenvalue weighted by Crippen LogP contribution is -1.98. The first kappa shape index (κ1) is 22.2. The van der Waals surface area contributed by atoms with Crippen LogP contribution in [0.2, 0.25) is 0 Å². The van der Waals surface area contributed by atoms with E-state index in [2.05, 4.69) is 0 Å². The molecule has 5 rings (SSSR count). The summed E-state index contributed by atoms with van der Waals surface area (Å²) in [5.74, 6) is -1.67. The molecule has 1 saturated heterocycles. The monoisotopic (exact) mass is 460 g/mol. The van der Waals surface area contributed by atoms with Gasteiger partial charge in [0.15, 0.2) is 11.6 Å². The molecule has 1 atom stereocenters. The summed E-state index contributed by atoms with van der Waals surface area (Å²) < 4.78 is 54.7. The van der Waals surface area contributed by atoms with Crippen LogP contribution in [0.3, 0.4) is 0 Å². The maximum absolute atomic E-state index is 14.9. The zero-order valence-electron chi connectivity index (χ0n) is 18.7. The average Bonchev–Trinajstić information content (AvgIpc) is 3.70. The molecular weight excluding hydrogens is 437 g/mol. The molecule has 1 fully saturated rings. The molecule has 0 N–H and O–H groups in total. The SMILES string of the molecule is CCc1ccc(-c2ccc(-c3ccc(COc4ccc(C5CO5)c(F)c4)cc3)c(F)c2F)cc1. The van der Waals surface area contributed by atoms with Crippen molar-refractivity contribution >= 4 is 0 Å². The van der Waals surface area contributed by atoms with E-state index in [1.54, 1.807) is 48.5 Å². The van der Waals surface area contributed by atoms with Gasteiger partial charge in [0, 0.05) is 22.8 Å². The van der Waals surface area contributed by atoms with Gasteiger partial charge in [0.05, 0.1) is 6.61 Å². The first-order valence-electron chi connectivity index (χ1n) is 11.2. The molecule has 4 aromatic rings. The van der Waals surface area contributed by atoms with Gasteiger partial charge in [0.2, 0.25) is 0 Å². The van der Waals surface area contributed by atoms with Crippen molar-refractivity contribution in [1.29, 1.82) is 0 Å². The summed E-state index contributed by atoms with van der Waals surface area (Å²) in [6.07, 6.45) is 0.735. The van der Waals surface area contributed by atoms with Crippen molar-refractivity contribution in [3.8, 4) is 28.0 Å². The molecule has 0 aromatic heterocycles. The van der Waals surface area contributed by atoms with Crippen LogP contribution in [-0.2, 0) is 17.8 Å². The number of benzene rings is 4. The molecule has 34 heavy (non-hydrogen) atoms. The zero-order chi connectivity index (χ0) is 23.7. The summed E-state index contributed by atoms with van der Waals surface area (Å²) in [6, 6.07) is 22.4. The quantitative estimate of drug-likeness (QED) is 0.264. The molecule has 1 aliphatic heterocycles. The Morgan fingerprint density at radius 3 is 1.82 bits per heavy atom. The van der Waals surface area contributed by atoms with Crippen LogP contribution in [0.4, 0.5) is 13.2 Å². The number of hydrogen-bond donors (Lipinski definition) is 0. The standard InChI is InChI=1S/C29H23F3O2/c1-2-18-3-7-20(8-4-18)23-13-14-24(29(32)28(23)31)21-9-5-19(6-10-21)16-33-22-11-12-25(26(30)15-22)27-17-34-27/h3-15,27H,2,16-17H2,1H3. The second-order valence-electron chi connectivity index (χ2n) is 8.33. The van der Waals surface area contributed by atoms with Crippen LogP contribution in [0.1, 0.15) is 29.7 Å². The highest BCUT2D eigenvalue weighted by molar-refractivity contribution is 5.72. The summed E-state index contributed by atoms with van der Waals surface area (Å²) in [5, 5.41) is 0. The third-order valence-corrected chi connectivity index (χ3v) is 6.08. The second-order valence-corrected chi connectivity index (χ2v) is 8.33. The molecule has 0 saturated carbocycles. The van der Waals surface area contributed by atoms with Crippen LogP contribution in [0.5, 0.6) is 5.75 Å². The topological polar surface area (TPSA) is 21.8 Å². The average molecular weight is 460 g/mol. The van der Waals surface area contributed by atoms with E-state index in [9.17, 15) is 13.2 Å². The highest BCUT2D eigenvalue weighted by Gasteiger charge is 2.27. The van der Waals surface area contributed by atoms with Crippen LogP contribution in [0.25, 0.3) is 22.3 Å². The van der Waals surface area contributed by atoms with E-state index in [1.807, 2.05) is 31.2 Å². The molecule has 0 spiro atoms. The van der Waals surface area contributed by atoms with E-state index in [-0.39, 0.29) is 29.7 Å². The lowest BCUT2D eigenvalue weighted by atomic mass is 9.97. The number of rotatable bonds is 7. The van der Waals surface area contributed by atoms with Crippen LogP contribution in [0.15, 0.2) is 78.9 Å². The summed E-state index contributed by atoms with van der Waals surface area (Å²) in [4.78, 5) is 0. The Kier molecular flexibility index (Phi) is 6.12. The molecule has 172 valence electrons. The van der Waals surface area contributed by atoms with Gasteiger partial charge in [-0.05, 0) is 40.8 Å². The lowest BCUT2D eigenvalue weighted by Gasteiger charge is -2.11. The minimum absolute atomic E-state index is 0.150. The molecule has 0 aliphatic carbocycles. The van der Waals surface area contributed by atoms with Crippen molar-refractivity contribution in [2.75, 3.05) is 6.61 Å². The highest BCUT2D eigenvalue weighted by Crippen LogP contribution is 2.34. The second kappa shape index (κ2) is 9.35. The van der Waals surface area contributed by atoms with E-state index >= 15 is 0 Å². The number of ether oxygens (including phenoxy) is 2. The molecule has 1 unspecified atom stereocenters. The summed E-state index contributed by atoms with van der Waals surface area (Å²) in [5.41, 5.74) is 4.14. The molecule has 0 bridgehead atoms. The molecule has 0 radical (unpaired) electrons. The smallest absolute Gasteiger partial charge is 0.167 e. The van der Waals surface area contributed by atoms with Gasteiger partial charge in [-0.15, -0.1) is 0 Å². The van der Waals surface area contributed by atoms with Gasteiger partial charge in [-0.25, -0.2) is 13.2 Å². The summed E-state index contributed by atoms with van der Waals surface area (Å²) in [7, 11) is 0. The van der Waals surface area contributed by atoms with Crippen LogP contribution in [0, 0.1) is 17.5 Å². The van der Waals surface area contributed by atoms with Crippen molar-refractivity contribution in [3.63, 3.8) is 0 Å². The fourth-order valence-electron chi connectivity index (χ4n) is 3.95. The largest absolute Gasteiger partial charge is 0.489 e. The van der Waals surface area contributed by atoms with Gasteiger partial charge >= 0.3 is 0 Å². The van der Waals surface area contributed by atoms with E-state index in [0.29, 0.717) is 29.0 Å². The molecule has 5 heteroatoms.